The van der Waals surface area contributed by atoms with Crippen LogP contribution in [0.5, 0.6) is 0 Å². The number of likely N-dealkylation sites (tertiary alicyclic amines) is 1. The van der Waals surface area contributed by atoms with Crippen LogP contribution in [0.1, 0.15) is 43.0 Å². The monoisotopic (exact) mass is 414 g/mol. The first kappa shape index (κ1) is 17.9. The molecule has 0 N–H and O–H groups in total. The van der Waals surface area contributed by atoms with E-state index in [4.69, 9.17) is 0 Å². The molecule has 132 valence electrons. The fraction of sp³-hybridized carbons (Fsp3) is 0.588. The smallest absolute Gasteiger partial charge is 0.255 e. The molecule has 3 rings (SSSR count). The SMILES string of the molecule is CC1CCCN(C(=O)c2cc(S(=O)(=O)N3CCCC3)ccc2Br)C1. The van der Waals surface area contributed by atoms with E-state index >= 15 is 0 Å². The third-order valence-electron chi connectivity index (χ3n) is 4.82. The molecule has 2 aliphatic heterocycles. The molecule has 1 aromatic carbocycles. The Bertz CT molecular complexity index is 729. The van der Waals surface area contributed by atoms with E-state index in [1.165, 1.54) is 10.4 Å². The van der Waals surface area contributed by atoms with Gasteiger partial charge >= 0.3 is 0 Å². The maximum atomic E-state index is 12.9. The van der Waals surface area contributed by atoms with Crippen molar-refractivity contribution in [1.82, 2.24) is 9.21 Å². The maximum absolute atomic E-state index is 12.9. The third kappa shape index (κ3) is 3.53. The van der Waals surface area contributed by atoms with Crippen LogP contribution in [0.2, 0.25) is 0 Å². The van der Waals surface area contributed by atoms with Crippen LogP contribution in [-0.2, 0) is 10.0 Å². The number of sulfonamides is 1. The maximum Gasteiger partial charge on any atom is 0.255 e. The minimum absolute atomic E-state index is 0.0908. The molecule has 1 aromatic rings. The van der Waals surface area contributed by atoms with Gasteiger partial charge in [-0.2, -0.15) is 4.31 Å². The zero-order valence-electron chi connectivity index (χ0n) is 13.9. The molecule has 2 fully saturated rings. The fourth-order valence-corrected chi connectivity index (χ4v) is 5.41. The van der Waals surface area contributed by atoms with E-state index in [0.29, 0.717) is 29.0 Å². The summed E-state index contributed by atoms with van der Waals surface area (Å²) < 4.78 is 27.6. The number of hydrogen-bond acceptors (Lipinski definition) is 3. The summed E-state index contributed by atoms with van der Waals surface area (Å²) in [7, 11) is -3.51. The normalized spacial score (nSPS) is 22.8. The zero-order valence-corrected chi connectivity index (χ0v) is 16.3. The van der Waals surface area contributed by atoms with Gasteiger partial charge in [0.2, 0.25) is 10.0 Å². The van der Waals surface area contributed by atoms with Gasteiger partial charge in [-0.05, 0) is 65.7 Å². The highest BCUT2D eigenvalue weighted by Crippen LogP contribution is 2.27. The largest absolute Gasteiger partial charge is 0.338 e. The highest BCUT2D eigenvalue weighted by molar-refractivity contribution is 9.10. The van der Waals surface area contributed by atoms with Crippen molar-refractivity contribution < 1.29 is 13.2 Å². The summed E-state index contributed by atoms with van der Waals surface area (Å²) in [5, 5.41) is 0. The molecule has 1 atom stereocenters. The topological polar surface area (TPSA) is 57.7 Å². The second kappa shape index (κ2) is 7.14. The van der Waals surface area contributed by atoms with Crippen molar-refractivity contribution in [2.45, 2.75) is 37.5 Å². The Morgan fingerprint density at radius 2 is 1.88 bits per heavy atom. The number of carbonyl (C=O) groups is 1. The van der Waals surface area contributed by atoms with Crippen molar-refractivity contribution in [3.8, 4) is 0 Å². The molecule has 5 nitrogen and oxygen atoms in total. The number of hydrogen-bond donors (Lipinski definition) is 0. The lowest BCUT2D eigenvalue weighted by atomic mass is 9.99. The number of rotatable bonds is 3. The summed E-state index contributed by atoms with van der Waals surface area (Å²) in [4.78, 5) is 14.9. The van der Waals surface area contributed by atoms with E-state index in [9.17, 15) is 13.2 Å². The minimum atomic E-state index is -3.51. The molecular formula is C17H23BrN2O3S. The molecule has 0 saturated carbocycles. The van der Waals surface area contributed by atoms with E-state index in [-0.39, 0.29) is 10.8 Å². The van der Waals surface area contributed by atoms with Crippen LogP contribution in [0.3, 0.4) is 0 Å². The summed E-state index contributed by atoms with van der Waals surface area (Å²) >= 11 is 3.41. The van der Waals surface area contributed by atoms with Gasteiger partial charge in [0.25, 0.3) is 5.91 Å². The first-order valence-electron chi connectivity index (χ1n) is 8.48. The van der Waals surface area contributed by atoms with Gasteiger partial charge < -0.3 is 4.90 Å². The van der Waals surface area contributed by atoms with Crippen molar-refractivity contribution in [2.75, 3.05) is 26.2 Å². The fourth-order valence-electron chi connectivity index (χ4n) is 3.45. The number of carbonyl (C=O) groups excluding carboxylic acids is 1. The van der Waals surface area contributed by atoms with Gasteiger partial charge in [-0.25, -0.2) is 8.42 Å². The summed E-state index contributed by atoms with van der Waals surface area (Å²) in [6.07, 6.45) is 3.92. The molecule has 0 aromatic heterocycles. The van der Waals surface area contributed by atoms with E-state index in [2.05, 4.69) is 22.9 Å². The molecule has 0 radical (unpaired) electrons. The number of benzene rings is 1. The van der Waals surface area contributed by atoms with Gasteiger partial charge in [-0.3, -0.25) is 4.79 Å². The summed E-state index contributed by atoms with van der Waals surface area (Å²) in [5.41, 5.74) is 0.435. The molecule has 0 spiro atoms. The molecule has 2 saturated heterocycles. The molecule has 2 heterocycles. The predicted molar refractivity (Wildman–Crippen MR) is 96.4 cm³/mol. The van der Waals surface area contributed by atoms with E-state index < -0.39 is 10.0 Å². The van der Waals surface area contributed by atoms with E-state index in [1.807, 2.05) is 4.90 Å². The summed E-state index contributed by atoms with van der Waals surface area (Å²) in [5.74, 6) is 0.393. The molecule has 1 unspecified atom stereocenters. The first-order valence-corrected chi connectivity index (χ1v) is 10.7. The second-order valence-electron chi connectivity index (χ2n) is 6.75. The van der Waals surface area contributed by atoms with Gasteiger partial charge in [-0.1, -0.05) is 6.92 Å². The van der Waals surface area contributed by atoms with Crippen LogP contribution in [-0.4, -0.2) is 49.7 Å². The average molecular weight is 415 g/mol. The van der Waals surface area contributed by atoms with Crippen LogP contribution >= 0.6 is 15.9 Å². The number of piperidine rings is 1. The highest BCUT2D eigenvalue weighted by atomic mass is 79.9. The Hall–Kier alpha value is -0.920. The highest BCUT2D eigenvalue weighted by Gasteiger charge is 2.29. The van der Waals surface area contributed by atoms with Gasteiger partial charge in [-0.15, -0.1) is 0 Å². The van der Waals surface area contributed by atoms with Crippen molar-refractivity contribution in [3.63, 3.8) is 0 Å². The van der Waals surface area contributed by atoms with Crippen molar-refractivity contribution in [2.24, 2.45) is 5.92 Å². The predicted octanol–water partition coefficient (Wildman–Crippen LogP) is 3.11. The molecule has 0 aliphatic carbocycles. The molecule has 2 aliphatic rings. The third-order valence-corrected chi connectivity index (χ3v) is 7.40. The van der Waals surface area contributed by atoms with Gasteiger partial charge in [0.1, 0.15) is 0 Å². The van der Waals surface area contributed by atoms with Crippen molar-refractivity contribution in [3.05, 3.63) is 28.2 Å². The second-order valence-corrected chi connectivity index (χ2v) is 9.54. The van der Waals surface area contributed by atoms with Crippen LogP contribution < -0.4 is 0 Å². The number of amides is 1. The number of halogens is 1. The Balaban J connectivity index is 1.90. The van der Waals surface area contributed by atoms with Gasteiger partial charge in [0, 0.05) is 30.7 Å². The van der Waals surface area contributed by atoms with Crippen LogP contribution in [0, 0.1) is 5.92 Å². The minimum Gasteiger partial charge on any atom is -0.338 e. The Morgan fingerprint density at radius 3 is 2.54 bits per heavy atom. The molecular weight excluding hydrogens is 392 g/mol. The Morgan fingerprint density at radius 1 is 1.17 bits per heavy atom. The van der Waals surface area contributed by atoms with Crippen molar-refractivity contribution >= 4 is 31.9 Å². The number of nitrogens with zero attached hydrogens (tertiary/aromatic N) is 2. The Kier molecular flexibility index (Phi) is 5.32. The van der Waals surface area contributed by atoms with E-state index in [1.54, 1.807) is 12.1 Å². The Labute approximate surface area is 152 Å². The summed E-state index contributed by atoms with van der Waals surface area (Å²) in [6, 6.07) is 4.77. The lowest BCUT2D eigenvalue weighted by Crippen LogP contribution is -2.39. The quantitative estimate of drug-likeness (QED) is 0.763. The zero-order chi connectivity index (χ0) is 17.3. The van der Waals surface area contributed by atoms with Crippen molar-refractivity contribution in [1.29, 1.82) is 0 Å². The molecule has 0 bridgehead atoms. The van der Waals surface area contributed by atoms with E-state index in [0.717, 1.165) is 38.8 Å². The van der Waals surface area contributed by atoms with Gasteiger partial charge in [0.05, 0.1) is 10.5 Å². The van der Waals surface area contributed by atoms with Gasteiger partial charge in [0.15, 0.2) is 0 Å². The molecule has 1 amide bonds. The first-order chi connectivity index (χ1) is 11.4. The molecule has 7 heteroatoms. The lowest BCUT2D eigenvalue weighted by molar-refractivity contribution is 0.0682. The molecule has 24 heavy (non-hydrogen) atoms. The lowest BCUT2D eigenvalue weighted by Gasteiger charge is -2.31. The average Bonchev–Trinajstić information content (AvgIpc) is 3.10. The standard InChI is InChI=1S/C17H23BrN2O3S/c1-13-5-4-8-19(12-13)17(21)15-11-14(6-7-16(15)18)24(22,23)20-9-2-3-10-20/h6-7,11,13H,2-5,8-10,12H2,1H3. The van der Waals surface area contributed by atoms with Crippen LogP contribution in [0.25, 0.3) is 0 Å². The van der Waals surface area contributed by atoms with Crippen LogP contribution in [0.15, 0.2) is 27.6 Å². The van der Waals surface area contributed by atoms with Crippen LogP contribution in [0.4, 0.5) is 0 Å². The summed E-state index contributed by atoms with van der Waals surface area (Å²) in [6.45, 7) is 4.73.